The van der Waals surface area contributed by atoms with Crippen molar-refractivity contribution in [3.05, 3.63) is 33.3 Å². The number of carbonyl (C=O) groups excluding carboxylic acids is 1. The highest BCUT2D eigenvalue weighted by molar-refractivity contribution is 6.33. The van der Waals surface area contributed by atoms with Gasteiger partial charge in [0.05, 0.1) is 15.6 Å². The molecule has 0 unspecified atom stereocenters. The van der Waals surface area contributed by atoms with Crippen LogP contribution in [0.1, 0.15) is 0 Å². The highest BCUT2D eigenvalue weighted by Crippen LogP contribution is 2.26. The maximum absolute atomic E-state index is 10.3. The molecule has 0 saturated heterocycles. The molecule has 0 radical (unpaired) electrons. The molecule has 0 spiro atoms. The van der Waals surface area contributed by atoms with Crippen molar-refractivity contribution in [1.82, 2.24) is 0 Å². The van der Waals surface area contributed by atoms with Crippen LogP contribution < -0.4 is 10.4 Å². The van der Waals surface area contributed by atoms with E-state index in [1.165, 1.54) is 6.07 Å². The summed E-state index contributed by atoms with van der Waals surface area (Å²) in [5.74, 6) is 0. The van der Waals surface area contributed by atoms with Crippen molar-refractivity contribution in [3.8, 4) is 0 Å². The maximum Gasteiger partial charge on any atom is 0.271 e. The van der Waals surface area contributed by atoms with Gasteiger partial charge >= 0.3 is 0 Å². The van der Waals surface area contributed by atoms with E-state index >= 15 is 0 Å². The molecule has 0 aliphatic heterocycles. The van der Waals surface area contributed by atoms with Crippen LogP contribution in [0.25, 0.3) is 0 Å². The van der Waals surface area contributed by atoms with Gasteiger partial charge in [0.25, 0.3) is 5.69 Å². The first-order valence-corrected chi connectivity index (χ1v) is 3.80. The summed E-state index contributed by atoms with van der Waals surface area (Å²) in [7, 11) is 0. The number of nitrogens with one attached hydrogen (secondary N) is 1. The fourth-order valence-electron chi connectivity index (χ4n) is 0.829. The standard InChI is InChI=1S/C7H5ClN2O4/c8-5-3-4(10(13)14)1-2-6(5)9-7(11)12/h1-3,9H,(H,11,12)/p-1. The summed E-state index contributed by atoms with van der Waals surface area (Å²) in [6.45, 7) is 0. The number of hydrogen-bond acceptors (Lipinski definition) is 4. The number of anilines is 1. The minimum absolute atomic E-state index is 0.0524. The predicted molar refractivity (Wildman–Crippen MR) is 47.1 cm³/mol. The molecule has 1 amide bonds. The van der Waals surface area contributed by atoms with Crippen molar-refractivity contribution in [2.75, 3.05) is 5.32 Å². The van der Waals surface area contributed by atoms with Crippen molar-refractivity contribution in [3.63, 3.8) is 0 Å². The molecule has 1 rings (SSSR count). The Balaban J connectivity index is 3.01. The predicted octanol–water partition coefficient (Wildman–Crippen LogP) is 1.00. The summed E-state index contributed by atoms with van der Waals surface area (Å²) in [5.41, 5.74) is -0.156. The van der Waals surface area contributed by atoms with E-state index in [1.54, 1.807) is 0 Å². The van der Waals surface area contributed by atoms with Gasteiger partial charge in [-0.05, 0) is 6.07 Å². The van der Waals surface area contributed by atoms with Gasteiger partial charge in [-0.3, -0.25) is 10.1 Å². The summed E-state index contributed by atoms with van der Waals surface area (Å²) in [4.78, 5) is 19.8. The van der Waals surface area contributed by atoms with Crippen LogP contribution in [0, 0.1) is 10.1 Å². The lowest BCUT2D eigenvalue weighted by atomic mass is 10.3. The van der Waals surface area contributed by atoms with E-state index in [0.29, 0.717) is 0 Å². The number of carboxylic acid groups (broad SMARTS) is 1. The average Bonchev–Trinajstić information content (AvgIpc) is 2.07. The highest BCUT2D eigenvalue weighted by Gasteiger charge is 2.08. The van der Waals surface area contributed by atoms with Gasteiger partial charge in [-0.2, -0.15) is 0 Å². The Bertz CT molecular complexity index is 393. The Morgan fingerprint density at radius 3 is 2.57 bits per heavy atom. The number of benzene rings is 1. The Morgan fingerprint density at radius 1 is 1.50 bits per heavy atom. The molecule has 0 aliphatic rings. The van der Waals surface area contributed by atoms with Crippen molar-refractivity contribution in [2.24, 2.45) is 0 Å². The number of carbonyl (C=O) groups is 1. The molecule has 0 saturated carbocycles. The quantitative estimate of drug-likeness (QED) is 0.588. The van der Waals surface area contributed by atoms with E-state index in [0.717, 1.165) is 12.1 Å². The fourth-order valence-corrected chi connectivity index (χ4v) is 1.05. The molecular formula is C7H4ClN2O4-. The highest BCUT2D eigenvalue weighted by atomic mass is 35.5. The second kappa shape index (κ2) is 3.93. The number of non-ortho nitro benzene ring substituents is 1. The summed E-state index contributed by atoms with van der Waals surface area (Å²) in [6.07, 6.45) is -1.53. The second-order valence-corrected chi connectivity index (χ2v) is 2.74. The van der Waals surface area contributed by atoms with Gasteiger partial charge < -0.3 is 15.2 Å². The van der Waals surface area contributed by atoms with E-state index in [-0.39, 0.29) is 16.4 Å². The van der Waals surface area contributed by atoms with Gasteiger partial charge in [0.15, 0.2) is 0 Å². The minimum Gasteiger partial charge on any atom is -0.530 e. The molecule has 0 heterocycles. The Kier molecular flexibility index (Phi) is 2.88. The van der Waals surface area contributed by atoms with Gasteiger partial charge in [0, 0.05) is 12.1 Å². The van der Waals surface area contributed by atoms with E-state index < -0.39 is 11.0 Å². The van der Waals surface area contributed by atoms with E-state index in [2.05, 4.69) is 0 Å². The number of nitro groups is 1. The first-order valence-electron chi connectivity index (χ1n) is 3.42. The van der Waals surface area contributed by atoms with Crippen LogP contribution in [-0.2, 0) is 0 Å². The molecule has 1 aromatic carbocycles. The zero-order valence-corrected chi connectivity index (χ0v) is 7.45. The van der Waals surface area contributed by atoms with Crippen LogP contribution in [0.15, 0.2) is 18.2 Å². The summed E-state index contributed by atoms with van der Waals surface area (Å²) >= 11 is 5.56. The van der Waals surface area contributed by atoms with Gasteiger partial charge in [-0.15, -0.1) is 0 Å². The SMILES string of the molecule is O=C([O-])Nc1ccc([N+](=O)[O-])cc1Cl. The molecule has 1 aromatic rings. The molecule has 14 heavy (non-hydrogen) atoms. The minimum atomic E-state index is -1.53. The molecule has 7 heteroatoms. The average molecular weight is 216 g/mol. The normalized spacial score (nSPS) is 9.50. The van der Waals surface area contributed by atoms with Crippen LogP contribution in [-0.4, -0.2) is 11.0 Å². The molecule has 0 fully saturated rings. The van der Waals surface area contributed by atoms with E-state index in [9.17, 15) is 20.0 Å². The number of hydrogen-bond donors (Lipinski definition) is 1. The first kappa shape index (κ1) is 10.3. The number of nitro benzene ring substituents is 1. The molecule has 6 nitrogen and oxygen atoms in total. The molecule has 0 bridgehead atoms. The number of rotatable bonds is 2. The van der Waals surface area contributed by atoms with Crippen LogP contribution in [0.3, 0.4) is 0 Å². The third-order valence-electron chi connectivity index (χ3n) is 1.40. The third-order valence-corrected chi connectivity index (χ3v) is 1.71. The van der Waals surface area contributed by atoms with E-state index in [4.69, 9.17) is 11.6 Å². The Morgan fingerprint density at radius 2 is 2.14 bits per heavy atom. The van der Waals surface area contributed by atoms with Crippen LogP contribution in [0.5, 0.6) is 0 Å². The van der Waals surface area contributed by atoms with Gasteiger partial charge in [-0.1, -0.05) is 11.6 Å². The van der Waals surface area contributed by atoms with Crippen LogP contribution >= 0.6 is 11.6 Å². The monoisotopic (exact) mass is 215 g/mol. The number of halogens is 1. The fraction of sp³-hybridized carbons (Fsp3) is 0. The van der Waals surface area contributed by atoms with Crippen LogP contribution in [0.4, 0.5) is 16.2 Å². The first-order chi connectivity index (χ1) is 6.50. The van der Waals surface area contributed by atoms with E-state index in [1.807, 2.05) is 5.32 Å². The summed E-state index contributed by atoms with van der Waals surface area (Å²) < 4.78 is 0. The van der Waals surface area contributed by atoms with Crippen molar-refractivity contribution >= 4 is 29.1 Å². The lowest BCUT2D eigenvalue weighted by molar-refractivity contribution is -0.384. The van der Waals surface area contributed by atoms with Gasteiger partial charge in [-0.25, -0.2) is 0 Å². The van der Waals surface area contributed by atoms with Gasteiger partial charge in [0.2, 0.25) is 0 Å². The lowest BCUT2D eigenvalue weighted by Crippen LogP contribution is -2.28. The topological polar surface area (TPSA) is 95.3 Å². The Labute approximate surface area is 83.3 Å². The number of amides is 1. The lowest BCUT2D eigenvalue weighted by Gasteiger charge is -2.07. The molecular weight excluding hydrogens is 212 g/mol. The maximum atomic E-state index is 10.3. The second-order valence-electron chi connectivity index (χ2n) is 2.33. The summed E-state index contributed by atoms with van der Waals surface area (Å²) in [6, 6.07) is 3.38. The van der Waals surface area contributed by atoms with Crippen molar-refractivity contribution < 1.29 is 14.8 Å². The molecule has 0 aromatic heterocycles. The smallest absolute Gasteiger partial charge is 0.271 e. The third kappa shape index (κ3) is 2.33. The molecule has 74 valence electrons. The van der Waals surface area contributed by atoms with Crippen molar-refractivity contribution in [2.45, 2.75) is 0 Å². The largest absolute Gasteiger partial charge is 0.530 e. The number of nitrogens with zero attached hydrogens (tertiary/aromatic N) is 1. The molecule has 0 atom stereocenters. The molecule has 1 N–H and O–H groups in total. The molecule has 0 aliphatic carbocycles. The zero-order chi connectivity index (χ0) is 10.7. The van der Waals surface area contributed by atoms with Gasteiger partial charge in [0.1, 0.15) is 6.09 Å². The summed E-state index contributed by atoms with van der Waals surface area (Å²) in [5, 5.41) is 22.2. The van der Waals surface area contributed by atoms with Crippen LogP contribution in [0.2, 0.25) is 5.02 Å². The van der Waals surface area contributed by atoms with Crippen molar-refractivity contribution in [1.29, 1.82) is 0 Å². The Hall–Kier alpha value is -1.82. The zero-order valence-electron chi connectivity index (χ0n) is 6.69.